The van der Waals surface area contributed by atoms with Gasteiger partial charge in [-0.05, 0) is 44.9 Å². The maximum absolute atomic E-state index is 12.4. The number of amides is 1. The van der Waals surface area contributed by atoms with E-state index >= 15 is 0 Å². The Bertz CT molecular complexity index is 600. The van der Waals surface area contributed by atoms with E-state index in [9.17, 15) is 19.4 Å². The van der Waals surface area contributed by atoms with Crippen LogP contribution in [-0.2, 0) is 20.7 Å². The van der Waals surface area contributed by atoms with Crippen molar-refractivity contribution >= 4 is 25.7 Å². The lowest BCUT2D eigenvalue weighted by Crippen LogP contribution is -2.45. The van der Waals surface area contributed by atoms with E-state index in [1.54, 1.807) is 45.0 Å². The average molecular weight is 385 g/mol. The molecule has 0 heterocycles. The van der Waals surface area contributed by atoms with Gasteiger partial charge in [0.05, 0.1) is 6.61 Å². The van der Waals surface area contributed by atoms with Crippen LogP contribution in [0.3, 0.4) is 0 Å². The van der Waals surface area contributed by atoms with Crippen LogP contribution in [0.15, 0.2) is 24.3 Å². The van der Waals surface area contributed by atoms with Gasteiger partial charge in [-0.25, -0.2) is 9.59 Å². The molecule has 0 aliphatic rings. The second-order valence-electron chi connectivity index (χ2n) is 6.88. The standard InChI is InChI=1S/C18H28NO6P/c1-5-6-10-24-16(20)15(19-17(21)25-18(2,3)4)12-13-8-7-9-14(11-13)26(22)23/h7-9,11,15,22-23H,5-6,10,12H2,1-4H3,(H,19,21). The molecule has 146 valence electrons. The van der Waals surface area contributed by atoms with Crippen LogP contribution in [0.25, 0.3) is 0 Å². The largest absolute Gasteiger partial charge is 0.464 e. The highest BCUT2D eigenvalue weighted by molar-refractivity contribution is 7.54. The van der Waals surface area contributed by atoms with Crippen molar-refractivity contribution in [1.29, 1.82) is 0 Å². The van der Waals surface area contributed by atoms with Gasteiger partial charge in [0.2, 0.25) is 0 Å². The predicted molar refractivity (Wildman–Crippen MR) is 100 cm³/mol. The topological polar surface area (TPSA) is 105 Å². The Hall–Kier alpha value is -1.69. The molecular formula is C18H28NO6P. The number of carbonyl (C=O) groups excluding carboxylic acids is 2. The van der Waals surface area contributed by atoms with Gasteiger partial charge < -0.3 is 24.6 Å². The molecular weight excluding hydrogens is 357 g/mol. The van der Waals surface area contributed by atoms with Crippen molar-refractivity contribution in [3.05, 3.63) is 29.8 Å². The van der Waals surface area contributed by atoms with E-state index in [-0.39, 0.29) is 13.0 Å². The fourth-order valence-corrected chi connectivity index (χ4v) is 2.61. The van der Waals surface area contributed by atoms with Gasteiger partial charge in [0.1, 0.15) is 11.6 Å². The Morgan fingerprint density at radius 1 is 1.27 bits per heavy atom. The molecule has 0 aliphatic heterocycles. The van der Waals surface area contributed by atoms with Crippen molar-refractivity contribution in [1.82, 2.24) is 5.32 Å². The van der Waals surface area contributed by atoms with E-state index in [2.05, 4.69) is 5.32 Å². The van der Waals surface area contributed by atoms with Crippen LogP contribution in [-0.4, -0.2) is 40.1 Å². The first kappa shape index (κ1) is 22.4. The third-order valence-electron chi connectivity index (χ3n) is 3.30. The van der Waals surface area contributed by atoms with Gasteiger partial charge in [0.25, 0.3) is 0 Å². The van der Waals surface area contributed by atoms with E-state index in [0.29, 0.717) is 10.9 Å². The third kappa shape index (κ3) is 8.61. The van der Waals surface area contributed by atoms with Crippen LogP contribution in [0.4, 0.5) is 4.79 Å². The van der Waals surface area contributed by atoms with Crippen LogP contribution >= 0.6 is 8.38 Å². The highest BCUT2D eigenvalue weighted by Crippen LogP contribution is 2.22. The maximum atomic E-state index is 12.4. The normalized spacial score (nSPS) is 12.6. The van der Waals surface area contributed by atoms with Crippen LogP contribution in [0, 0.1) is 0 Å². The van der Waals surface area contributed by atoms with Crippen LogP contribution in [0.5, 0.6) is 0 Å². The molecule has 8 heteroatoms. The average Bonchev–Trinajstić information content (AvgIpc) is 2.52. The molecule has 0 saturated carbocycles. The fraction of sp³-hybridized carbons (Fsp3) is 0.556. The van der Waals surface area contributed by atoms with Gasteiger partial charge in [-0.2, -0.15) is 0 Å². The van der Waals surface area contributed by atoms with Crippen molar-refractivity contribution in [2.45, 2.75) is 58.6 Å². The Labute approximate surface area is 155 Å². The number of unbranched alkanes of at least 4 members (excludes halogenated alkanes) is 1. The minimum absolute atomic E-state index is 0.154. The minimum Gasteiger partial charge on any atom is -0.464 e. The molecule has 0 radical (unpaired) electrons. The monoisotopic (exact) mass is 385 g/mol. The highest BCUT2D eigenvalue weighted by atomic mass is 31.2. The molecule has 0 fully saturated rings. The Balaban J connectivity index is 2.87. The fourth-order valence-electron chi connectivity index (χ4n) is 2.10. The summed E-state index contributed by atoms with van der Waals surface area (Å²) >= 11 is 0. The van der Waals surface area contributed by atoms with Crippen LogP contribution in [0.2, 0.25) is 0 Å². The number of hydrogen-bond acceptors (Lipinski definition) is 6. The number of carbonyl (C=O) groups is 2. The van der Waals surface area contributed by atoms with E-state index in [1.165, 1.54) is 0 Å². The Morgan fingerprint density at radius 2 is 1.96 bits per heavy atom. The molecule has 7 nitrogen and oxygen atoms in total. The van der Waals surface area contributed by atoms with Crippen LogP contribution < -0.4 is 10.6 Å². The highest BCUT2D eigenvalue weighted by Gasteiger charge is 2.26. The van der Waals surface area contributed by atoms with Gasteiger partial charge in [-0.3, -0.25) is 0 Å². The Kier molecular flexibility index (Phi) is 8.99. The van der Waals surface area contributed by atoms with Gasteiger partial charge in [0, 0.05) is 11.7 Å². The number of nitrogens with one attached hydrogen (secondary N) is 1. The predicted octanol–water partition coefficient (Wildman–Crippen LogP) is 2.39. The number of alkyl carbamates (subject to hydrolysis) is 1. The third-order valence-corrected chi connectivity index (χ3v) is 4.04. The molecule has 0 aromatic heterocycles. The molecule has 0 spiro atoms. The second kappa shape index (κ2) is 10.5. The molecule has 3 N–H and O–H groups in total. The molecule has 1 aromatic rings. The quantitative estimate of drug-likeness (QED) is 0.361. The van der Waals surface area contributed by atoms with E-state index < -0.39 is 32.1 Å². The minimum atomic E-state index is -2.23. The van der Waals surface area contributed by atoms with Crippen molar-refractivity contribution in [2.75, 3.05) is 6.61 Å². The smallest absolute Gasteiger partial charge is 0.408 e. The van der Waals surface area contributed by atoms with E-state index in [0.717, 1.165) is 12.8 Å². The molecule has 1 rings (SSSR count). The van der Waals surface area contributed by atoms with Crippen molar-refractivity contribution < 1.29 is 28.8 Å². The number of hydrogen-bond donors (Lipinski definition) is 3. The Morgan fingerprint density at radius 3 is 2.54 bits per heavy atom. The lowest BCUT2D eigenvalue weighted by Gasteiger charge is -2.23. The van der Waals surface area contributed by atoms with E-state index in [4.69, 9.17) is 9.47 Å². The summed E-state index contributed by atoms with van der Waals surface area (Å²) in [6, 6.07) is 5.66. The SMILES string of the molecule is CCCCOC(=O)C(Cc1cccc(P(O)O)c1)NC(=O)OC(C)(C)C. The molecule has 1 aromatic carbocycles. The first-order valence-electron chi connectivity index (χ1n) is 8.55. The van der Waals surface area contributed by atoms with Gasteiger partial charge in [-0.1, -0.05) is 25.5 Å². The van der Waals surface area contributed by atoms with Crippen molar-refractivity contribution in [3.63, 3.8) is 0 Å². The molecule has 1 amide bonds. The second-order valence-corrected chi connectivity index (χ2v) is 7.98. The van der Waals surface area contributed by atoms with Crippen molar-refractivity contribution in [2.24, 2.45) is 0 Å². The summed E-state index contributed by atoms with van der Waals surface area (Å²) in [7, 11) is -2.23. The van der Waals surface area contributed by atoms with E-state index in [1.807, 2.05) is 6.92 Å². The number of benzene rings is 1. The van der Waals surface area contributed by atoms with Gasteiger partial charge in [-0.15, -0.1) is 0 Å². The molecule has 0 bridgehead atoms. The van der Waals surface area contributed by atoms with Gasteiger partial charge in [0.15, 0.2) is 8.38 Å². The molecule has 0 saturated heterocycles. The number of ether oxygens (including phenoxy) is 2. The zero-order valence-electron chi connectivity index (χ0n) is 15.7. The summed E-state index contributed by atoms with van der Waals surface area (Å²) in [5, 5.41) is 2.91. The zero-order valence-corrected chi connectivity index (χ0v) is 16.6. The number of rotatable bonds is 8. The molecule has 0 aliphatic carbocycles. The van der Waals surface area contributed by atoms with Crippen LogP contribution in [0.1, 0.15) is 46.1 Å². The summed E-state index contributed by atoms with van der Waals surface area (Å²) in [6.45, 7) is 7.46. The first-order valence-corrected chi connectivity index (χ1v) is 9.80. The molecule has 1 unspecified atom stereocenters. The summed E-state index contributed by atoms with van der Waals surface area (Å²) in [4.78, 5) is 43.1. The summed E-state index contributed by atoms with van der Waals surface area (Å²) in [6.07, 6.45) is 1.06. The summed E-state index contributed by atoms with van der Waals surface area (Å²) in [5.74, 6) is -0.551. The lowest BCUT2D eigenvalue weighted by molar-refractivity contribution is -0.146. The summed E-state index contributed by atoms with van der Waals surface area (Å²) < 4.78 is 10.4. The zero-order chi connectivity index (χ0) is 19.7. The first-order chi connectivity index (χ1) is 12.1. The van der Waals surface area contributed by atoms with Crippen molar-refractivity contribution in [3.8, 4) is 0 Å². The number of esters is 1. The molecule has 26 heavy (non-hydrogen) atoms. The lowest BCUT2D eigenvalue weighted by atomic mass is 10.1. The van der Waals surface area contributed by atoms with Gasteiger partial charge >= 0.3 is 12.1 Å². The molecule has 1 atom stereocenters. The maximum Gasteiger partial charge on any atom is 0.408 e. The summed E-state index contributed by atoms with van der Waals surface area (Å²) in [5.41, 5.74) is -0.0174.